The van der Waals surface area contributed by atoms with E-state index in [9.17, 15) is 4.79 Å². The van der Waals surface area contributed by atoms with Crippen molar-refractivity contribution in [2.45, 2.75) is 13.8 Å². The zero-order valence-corrected chi connectivity index (χ0v) is 15.6. The molecule has 23 heavy (non-hydrogen) atoms. The number of anilines is 1. The van der Waals surface area contributed by atoms with Crippen LogP contribution in [0.15, 0.2) is 42.5 Å². The van der Waals surface area contributed by atoms with E-state index >= 15 is 0 Å². The number of carbonyl (C=O) groups excluding carboxylic acids is 1. The first-order valence-corrected chi connectivity index (χ1v) is 8.45. The van der Waals surface area contributed by atoms with Crippen molar-refractivity contribution in [1.29, 1.82) is 0 Å². The monoisotopic (exact) mass is 425 g/mol. The van der Waals surface area contributed by atoms with Gasteiger partial charge < -0.3 is 14.8 Å². The van der Waals surface area contributed by atoms with Crippen LogP contribution >= 0.6 is 22.6 Å². The molecule has 0 aliphatic rings. The van der Waals surface area contributed by atoms with E-state index in [1.54, 1.807) is 25.3 Å². The fourth-order valence-electron chi connectivity index (χ4n) is 1.92. The van der Waals surface area contributed by atoms with Crippen LogP contribution in [0.1, 0.15) is 24.2 Å². The van der Waals surface area contributed by atoms with Gasteiger partial charge in [-0.15, -0.1) is 0 Å². The summed E-state index contributed by atoms with van der Waals surface area (Å²) in [4.78, 5) is 12.3. The molecule has 122 valence electrons. The fourth-order valence-corrected chi connectivity index (χ4v) is 2.28. The molecular weight excluding hydrogens is 405 g/mol. The molecule has 2 aromatic carbocycles. The molecule has 0 radical (unpaired) electrons. The van der Waals surface area contributed by atoms with Crippen LogP contribution in [-0.2, 0) is 0 Å². The normalized spacial score (nSPS) is 10.5. The van der Waals surface area contributed by atoms with Gasteiger partial charge in [-0.1, -0.05) is 13.8 Å². The van der Waals surface area contributed by atoms with Crippen molar-refractivity contribution in [1.82, 2.24) is 0 Å². The van der Waals surface area contributed by atoms with Gasteiger partial charge in [0.15, 0.2) is 11.5 Å². The summed E-state index contributed by atoms with van der Waals surface area (Å²) in [6.07, 6.45) is 0. The number of methoxy groups -OCH3 is 1. The first-order chi connectivity index (χ1) is 11.0. The van der Waals surface area contributed by atoms with Gasteiger partial charge in [0.05, 0.1) is 13.7 Å². The largest absolute Gasteiger partial charge is 0.493 e. The third-order valence-electron chi connectivity index (χ3n) is 3.10. The molecule has 2 rings (SSSR count). The minimum atomic E-state index is -0.181. The van der Waals surface area contributed by atoms with Crippen LogP contribution in [0.5, 0.6) is 11.5 Å². The van der Waals surface area contributed by atoms with E-state index in [1.807, 2.05) is 24.3 Å². The number of hydrogen-bond donors (Lipinski definition) is 1. The molecule has 4 nitrogen and oxygen atoms in total. The van der Waals surface area contributed by atoms with Crippen LogP contribution in [0, 0.1) is 9.49 Å². The molecule has 0 aliphatic carbocycles. The third kappa shape index (κ3) is 5.13. The summed E-state index contributed by atoms with van der Waals surface area (Å²) in [6.45, 7) is 4.76. The van der Waals surface area contributed by atoms with E-state index < -0.39 is 0 Å². The Balaban J connectivity index is 2.12. The van der Waals surface area contributed by atoms with Crippen LogP contribution in [-0.4, -0.2) is 19.6 Å². The number of rotatable bonds is 6. The summed E-state index contributed by atoms with van der Waals surface area (Å²) in [7, 11) is 1.57. The molecule has 1 N–H and O–H groups in total. The molecule has 0 fully saturated rings. The molecule has 0 bridgehead atoms. The molecule has 0 heterocycles. The van der Waals surface area contributed by atoms with Gasteiger partial charge in [0, 0.05) is 14.8 Å². The molecule has 0 saturated carbocycles. The smallest absolute Gasteiger partial charge is 0.255 e. The van der Waals surface area contributed by atoms with Crippen molar-refractivity contribution >= 4 is 34.2 Å². The van der Waals surface area contributed by atoms with Gasteiger partial charge in [0.25, 0.3) is 5.91 Å². The van der Waals surface area contributed by atoms with E-state index in [0.717, 1.165) is 9.26 Å². The van der Waals surface area contributed by atoms with Gasteiger partial charge in [-0.2, -0.15) is 0 Å². The lowest BCUT2D eigenvalue weighted by atomic mass is 10.1. The quantitative estimate of drug-likeness (QED) is 0.689. The highest BCUT2D eigenvalue weighted by Crippen LogP contribution is 2.28. The van der Waals surface area contributed by atoms with Gasteiger partial charge in [-0.25, -0.2) is 0 Å². The molecule has 0 aromatic heterocycles. The second-order valence-electron chi connectivity index (χ2n) is 5.53. The van der Waals surface area contributed by atoms with E-state index in [2.05, 4.69) is 41.8 Å². The van der Waals surface area contributed by atoms with Crippen LogP contribution < -0.4 is 14.8 Å². The maximum absolute atomic E-state index is 12.3. The highest BCUT2D eigenvalue weighted by molar-refractivity contribution is 14.1. The van der Waals surface area contributed by atoms with Crippen LogP contribution in [0.25, 0.3) is 0 Å². The predicted molar refractivity (Wildman–Crippen MR) is 100 cm³/mol. The van der Waals surface area contributed by atoms with Gasteiger partial charge in [0.1, 0.15) is 0 Å². The van der Waals surface area contributed by atoms with E-state index in [4.69, 9.17) is 9.47 Å². The van der Waals surface area contributed by atoms with Crippen molar-refractivity contribution < 1.29 is 14.3 Å². The van der Waals surface area contributed by atoms with Crippen molar-refractivity contribution in [3.05, 3.63) is 51.6 Å². The second kappa shape index (κ2) is 8.19. The van der Waals surface area contributed by atoms with Crippen LogP contribution in [0.4, 0.5) is 5.69 Å². The predicted octanol–water partition coefficient (Wildman–Crippen LogP) is 4.59. The number of nitrogens with one attached hydrogen (secondary N) is 1. The van der Waals surface area contributed by atoms with Crippen LogP contribution in [0.2, 0.25) is 0 Å². The molecular formula is C18H20INO3. The summed E-state index contributed by atoms with van der Waals surface area (Å²) in [5.41, 5.74) is 1.28. The summed E-state index contributed by atoms with van der Waals surface area (Å²) in [6, 6.07) is 12.8. The molecule has 1 amide bonds. The Labute approximate surface area is 150 Å². The molecule has 0 unspecified atom stereocenters. The lowest BCUT2D eigenvalue weighted by Crippen LogP contribution is -2.12. The standard InChI is InChI=1S/C18H20INO3/c1-12(2)11-23-16-9-4-13(10-17(16)22-3)18(21)20-15-7-5-14(19)6-8-15/h4-10,12H,11H2,1-3H3,(H,20,21). The number of ether oxygens (including phenoxy) is 2. The molecule has 2 aromatic rings. The average molecular weight is 425 g/mol. The van der Waals surface area contributed by atoms with Crippen LogP contribution in [0.3, 0.4) is 0 Å². The molecule has 0 aliphatic heterocycles. The summed E-state index contributed by atoms with van der Waals surface area (Å²) in [5.74, 6) is 1.44. The van der Waals surface area contributed by atoms with Crippen molar-refractivity contribution in [3.8, 4) is 11.5 Å². The Morgan fingerprint density at radius 1 is 1.13 bits per heavy atom. The average Bonchev–Trinajstić information content (AvgIpc) is 2.54. The Hall–Kier alpha value is -1.76. The lowest BCUT2D eigenvalue weighted by Gasteiger charge is -2.13. The Morgan fingerprint density at radius 2 is 1.83 bits per heavy atom. The van der Waals surface area contributed by atoms with Crippen molar-refractivity contribution in [2.75, 3.05) is 19.0 Å². The zero-order valence-electron chi connectivity index (χ0n) is 13.4. The topological polar surface area (TPSA) is 47.6 Å². The Kier molecular flexibility index (Phi) is 6.27. The summed E-state index contributed by atoms with van der Waals surface area (Å²) >= 11 is 2.22. The molecule has 5 heteroatoms. The number of carbonyl (C=O) groups is 1. The van der Waals surface area contributed by atoms with Gasteiger partial charge in [-0.3, -0.25) is 4.79 Å². The molecule has 0 spiro atoms. The molecule has 0 saturated heterocycles. The number of benzene rings is 2. The summed E-state index contributed by atoms with van der Waals surface area (Å²) in [5, 5.41) is 2.87. The van der Waals surface area contributed by atoms with Gasteiger partial charge in [0.2, 0.25) is 0 Å². The lowest BCUT2D eigenvalue weighted by molar-refractivity contribution is 0.102. The Bertz CT molecular complexity index is 668. The SMILES string of the molecule is COc1cc(C(=O)Nc2ccc(I)cc2)ccc1OCC(C)C. The first-order valence-electron chi connectivity index (χ1n) is 7.37. The molecule has 0 atom stereocenters. The van der Waals surface area contributed by atoms with Gasteiger partial charge in [-0.05, 0) is 71.0 Å². The minimum Gasteiger partial charge on any atom is -0.493 e. The third-order valence-corrected chi connectivity index (χ3v) is 3.82. The van der Waals surface area contributed by atoms with Gasteiger partial charge >= 0.3 is 0 Å². The highest BCUT2D eigenvalue weighted by Gasteiger charge is 2.12. The highest BCUT2D eigenvalue weighted by atomic mass is 127. The zero-order chi connectivity index (χ0) is 16.8. The van der Waals surface area contributed by atoms with E-state index in [1.165, 1.54) is 0 Å². The fraction of sp³-hybridized carbons (Fsp3) is 0.278. The van der Waals surface area contributed by atoms with Crippen molar-refractivity contribution in [2.24, 2.45) is 5.92 Å². The number of halogens is 1. The van der Waals surface area contributed by atoms with Crippen molar-refractivity contribution in [3.63, 3.8) is 0 Å². The maximum Gasteiger partial charge on any atom is 0.255 e. The summed E-state index contributed by atoms with van der Waals surface area (Å²) < 4.78 is 12.1. The second-order valence-corrected chi connectivity index (χ2v) is 6.78. The maximum atomic E-state index is 12.3. The minimum absolute atomic E-state index is 0.181. The Morgan fingerprint density at radius 3 is 2.43 bits per heavy atom. The first kappa shape index (κ1) is 17.6. The van der Waals surface area contributed by atoms with E-state index in [0.29, 0.717) is 29.6 Å². The number of amides is 1. The number of hydrogen-bond acceptors (Lipinski definition) is 3. The van der Waals surface area contributed by atoms with E-state index in [-0.39, 0.29) is 5.91 Å².